The van der Waals surface area contributed by atoms with Crippen molar-refractivity contribution in [3.8, 4) is 0 Å². The first-order chi connectivity index (χ1) is 6.60. The van der Waals surface area contributed by atoms with Crippen molar-refractivity contribution in [3.63, 3.8) is 0 Å². The van der Waals surface area contributed by atoms with Crippen molar-refractivity contribution in [2.75, 3.05) is 13.2 Å². The molecule has 1 heterocycles. The predicted molar refractivity (Wildman–Crippen MR) is 45.4 cm³/mol. The molecule has 14 heavy (non-hydrogen) atoms. The molecule has 80 valence electrons. The Bertz CT molecular complexity index is 234. The van der Waals surface area contributed by atoms with Gasteiger partial charge in [0.1, 0.15) is 6.61 Å². The summed E-state index contributed by atoms with van der Waals surface area (Å²) in [4.78, 5) is 21.8. The van der Waals surface area contributed by atoms with Crippen LogP contribution in [0.4, 0.5) is 0 Å². The maximum absolute atomic E-state index is 10.9. The zero-order valence-electron chi connectivity index (χ0n) is 7.65. The van der Waals surface area contributed by atoms with Crippen LogP contribution < -0.4 is 5.32 Å². The molecule has 0 radical (unpaired) electrons. The average Bonchev–Trinajstić information content (AvgIpc) is 2.19. The first kappa shape index (κ1) is 10.9. The number of aliphatic hydroxyl groups is 1. The fourth-order valence-electron chi connectivity index (χ4n) is 1.38. The van der Waals surface area contributed by atoms with Crippen LogP contribution in [0.15, 0.2) is 0 Å². The van der Waals surface area contributed by atoms with E-state index in [9.17, 15) is 9.59 Å². The predicted octanol–water partition coefficient (Wildman–Crippen LogP) is -0.924. The molecule has 0 aromatic carbocycles. The fourth-order valence-corrected chi connectivity index (χ4v) is 1.38. The molecule has 1 atom stereocenters. The van der Waals surface area contributed by atoms with E-state index in [1.54, 1.807) is 0 Å². The van der Waals surface area contributed by atoms with Gasteiger partial charge in [0.05, 0.1) is 6.61 Å². The molecule has 0 saturated carbocycles. The first-order valence-electron chi connectivity index (χ1n) is 4.40. The molecule has 3 N–H and O–H groups in total. The quantitative estimate of drug-likeness (QED) is 0.551. The maximum Gasteiger partial charge on any atom is 0.357 e. The SMILES string of the molecule is O=C(CO)NC1(C(=O)O)CCCCO1. The van der Waals surface area contributed by atoms with Crippen molar-refractivity contribution in [2.45, 2.75) is 25.0 Å². The second-order valence-corrected chi connectivity index (χ2v) is 3.14. The third-order valence-corrected chi connectivity index (χ3v) is 2.10. The number of rotatable bonds is 3. The van der Waals surface area contributed by atoms with Gasteiger partial charge in [0, 0.05) is 6.42 Å². The summed E-state index contributed by atoms with van der Waals surface area (Å²) in [5, 5.41) is 19.6. The van der Waals surface area contributed by atoms with Crippen LogP contribution >= 0.6 is 0 Å². The topological polar surface area (TPSA) is 95.9 Å². The average molecular weight is 203 g/mol. The highest BCUT2D eigenvalue weighted by atomic mass is 16.5. The van der Waals surface area contributed by atoms with E-state index in [4.69, 9.17) is 14.9 Å². The molecular weight excluding hydrogens is 190 g/mol. The number of aliphatic carboxylic acids is 1. The Morgan fingerprint density at radius 3 is 2.57 bits per heavy atom. The van der Waals surface area contributed by atoms with Gasteiger partial charge in [-0.05, 0) is 12.8 Å². The lowest BCUT2D eigenvalue weighted by Crippen LogP contribution is -2.58. The number of carbonyl (C=O) groups is 2. The van der Waals surface area contributed by atoms with E-state index in [-0.39, 0.29) is 6.42 Å². The minimum absolute atomic E-state index is 0.230. The van der Waals surface area contributed by atoms with Crippen LogP contribution in [0, 0.1) is 0 Å². The Morgan fingerprint density at radius 2 is 2.14 bits per heavy atom. The van der Waals surface area contributed by atoms with Crippen LogP contribution in [-0.4, -0.2) is 41.0 Å². The van der Waals surface area contributed by atoms with E-state index in [0.29, 0.717) is 13.0 Å². The van der Waals surface area contributed by atoms with E-state index in [1.165, 1.54) is 0 Å². The molecule has 1 fully saturated rings. The van der Waals surface area contributed by atoms with E-state index in [1.807, 2.05) is 0 Å². The molecule has 0 aromatic rings. The number of nitrogens with one attached hydrogen (secondary N) is 1. The Morgan fingerprint density at radius 1 is 1.43 bits per heavy atom. The molecule has 1 unspecified atom stereocenters. The molecular formula is C8H13NO5. The van der Waals surface area contributed by atoms with Crippen molar-refractivity contribution in [1.82, 2.24) is 5.32 Å². The van der Waals surface area contributed by atoms with E-state index >= 15 is 0 Å². The second kappa shape index (κ2) is 4.39. The van der Waals surface area contributed by atoms with Gasteiger partial charge in [-0.1, -0.05) is 0 Å². The minimum atomic E-state index is -1.64. The molecule has 1 aliphatic heterocycles. The maximum atomic E-state index is 10.9. The Labute approximate surface area is 80.9 Å². The highest BCUT2D eigenvalue weighted by molar-refractivity contribution is 5.86. The van der Waals surface area contributed by atoms with Crippen LogP contribution in [0.3, 0.4) is 0 Å². The number of carbonyl (C=O) groups excluding carboxylic acids is 1. The van der Waals surface area contributed by atoms with Gasteiger partial charge in [-0.25, -0.2) is 4.79 Å². The smallest absolute Gasteiger partial charge is 0.357 e. The molecule has 0 bridgehead atoms. The Kier molecular flexibility index (Phi) is 3.43. The first-order valence-corrected chi connectivity index (χ1v) is 4.40. The van der Waals surface area contributed by atoms with Gasteiger partial charge in [0.2, 0.25) is 11.6 Å². The van der Waals surface area contributed by atoms with Crippen molar-refractivity contribution in [3.05, 3.63) is 0 Å². The number of ether oxygens (including phenoxy) is 1. The molecule has 6 nitrogen and oxygen atoms in total. The largest absolute Gasteiger partial charge is 0.478 e. The van der Waals surface area contributed by atoms with Gasteiger partial charge in [-0.2, -0.15) is 0 Å². The highest BCUT2D eigenvalue weighted by Crippen LogP contribution is 2.22. The van der Waals surface area contributed by atoms with Crippen molar-refractivity contribution < 1.29 is 24.5 Å². The molecule has 1 aliphatic rings. The summed E-state index contributed by atoms with van der Waals surface area (Å²) >= 11 is 0. The third-order valence-electron chi connectivity index (χ3n) is 2.10. The summed E-state index contributed by atoms with van der Waals surface area (Å²) in [5.74, 6) is -1.96. The summed E-state index contributed by atoms with van der Waals surface area (Å²) in [6.07, 6.45) is 1.69. The number of carboxylic acid groups (broad SMARTS) is 1. The molecule has 6 heteroatoms. The monoisotopic (exact) mass is 203 g/mol. The van der Waals surface area contributed by atoms with Crippen LogP contribution in [0.1, 0.15) is 19.3 Å². The number of carboxylic acids is 1. The van der Waals surface area contributed by atoms with E-state index in [0.717, 1.165) is 6.42 Å². The van der Waals surface area contributed by atoms with Crippen LogP contribution in [0.25, 0.3) is 0 Å². The molecule has 0 aromatic heterocycles. The summed E-state index contributed by atoms with van der Waals surface area (Å²) < 4.78 is 5.06. The van der Waals surface area contributed by atoms with Crippen LogP contribution in [0.5, 0.6) is 0 Å². The highest BCUT2D eigenvalue weighted by Gasteiger charge is 2.42. The van der Waals surface area contributed by atoms with Crippen LogP contribution in [0.2, 0.25) is 0 Å². The summed E-state index contributed by atoms with van der Waals surface area (Å²) in [6.45, 7) is -0.434. The number of aliphatic hydroxyl groups excluding tert-OH is 1. The van der Waals surface area contributed by atoms with Crippen molar-refractivity contribution in [2.24, 2.45) is 0 Å². The van der Waals surface area contributed by atoms with Gasteiger partial charge < -0.3 is 20.3 Å². The molecule has 0 spiro atoms. The summed E-state index contributed by atoms with van der Waals surface area (Å²) in [5.41, 5.74) is -1.64. The van der Waals surface area contributed by atoms with E-state index < -0.39 is 24.2 Å². The third kappa shape index (κ3) is 2.21. The lowest BCUT2D eigenvalue weighted by Gasteiger charge is -2.33. The van der Waals surface area contributed by atoms with Gasteiger partial charge in [-0.3, -0.25) is 4.79 Å². The number of amides is 1. The summed E-state index contributed by atoms with van der Waals surface area (Å²) in [6, 6.07) is 0. The molecule has 0 aliphatic carbocycles. The minimum Gasteiger partial charge on any atom is -0.478 e. The molecule has 1 amide bonds. The van der Waals surface area contributed by atoms with Gasteiger partial charge in [0.25, 0.3) is 0 Å². The van der Waals surface area contributed by atoms with Crippen molar-refractivity contribution in [1.29, 1.82) is 0 Å². The van der Waals surface area contributed by atoms with Gasteiger partial charge >= 0.3 is 5.97 Å². The van der Waals surface area contributed by atoms with Gasteiger partial charge in [0.15, 0.2) is 0 Å². The van der Waals surface area contributed by atoms with E-state index in [2.05, 4.69) is 5.32 Å². The number of hydrogen-bond donors (Lipinski definition) is 3. The fraction of sp³-hybridized carbons (Fsp3) is 0.750. The van der Waals surface area contributed by atoms with Gasteiger partial charge in [-0.15, -0.1) is 0 Å². The zero-order valence-corrected chi connectivity index (χ0v) is 7.65. The Hall–Kier alpha value is -1.14. The lowest BCUT2D eigenvalue weighted by atomic mass is 10.0. The molecule has 1 rings (SSSR count). The standard InChI is InChI=1S/C8H13NO5/c10-5-6(11)9-8(7(12)13)3-1-2-4-14-8/h10H,1-5H2,(H,9,11)(H,12,13). The lowest BCUT2D eigenvalue weighted by molar-refractivity contribution is -0.181. The normalized spacial score (nSPS) is 26.9. The molecule has 1 saturated heterocycles. The summed E-state index contributed by atoms with van der Waals surface area (Å²) in [7, 11) is 0. The Balaban J connectivity index is 2.70. The van der Waals surface area contributed by atoms with Crippen molar-refractivity contribution >= 4 is 11.9 Å². The second-order valence-electron chi connectivity index (χ2n) is 3.14. The van der Waals surface area contributed by atoms with Crippen LogP contribution in [-0.2, 0) is 14.3 Å². The zero-order chi connectivity index (χ0) is 10.6. The number of hydrogen-bond acceptors (Lipinski definition) is 4.